The second-order valence-corrected chi connectivity index (χ2v) is 13.4. The van der Waals surface area contributed by atoms with Crippen molar-refractivity contribution in [2.45, 2.75) is 63.2 Å². The fraction of sp³-hybridized carbons (Fsp3) is 0.440. The molecule has 190 valence electrons. The van der Waals surface area contributed by atoms with Crippen molar-refractivity contribution >= 4 is 44.9 Å². The van der Waals surface area contributed by atoms with Crippen molar-refractivity contribution < 1.29 is 22.7 Å². The molecule has 0 aliphatic carbocycles. The van der Waals surface area contributed by atoms with E-state index in [-0.39, 0.29) is 12.2 Å². The van der Waals surface area contributed by atoms with Crippen LogP contribution in [0.15, 0.2) is 48.5 Å². The molecule has 0 bridgehead atoms. The number of primary amides is 1. The van der Waals surface area contributed by atoms with E-state index in [1.807, 2.05) is 6.07 Å². The lowest BCUT2D eigenvalue weighted by atomic mass is 9.90. The first-order chi connectivity index (χ1) is 16.2. The molecule has 1 aliphatic rings. The molecule has 4 atom stereocenters. The summed E-state index contributed by atoms with van der Waals surface area (Å²) >= 11 is 12.4. The normalized spacial score (nSPS) is 22.2. The topological polar surface area (TPSA) is 107 Å². The van der Waals surface area contributed by atoms with Crippen LogP contribution in [0.3, 0.4) is 0 Å². The molecule has 1 fully saturated rings. The lowest BCUT2D eigenvalue weighted by Gasteiger charge is -2.47. The van der Waals surface area contributed by atoms with Crippen molar-refractivity contribution in [3.63, 3.8) is 0 Å². The van der Waals surface area contributed by atoms with Gasteiger partial charge in [-0.1, -0.05) is 47.5 Å². The van der Waals surface area contributed by atoms with Crippen molar-refractivity contribution in [2.75, 3.05) is 5.75 Å². The fourth-order valence-electron chi connectivity index (χ4n) is 4.16. The highest BCUT2D eigenvalue weighted by Crippen LogP contribution is 2.44. The third-order valence-electron chi connectivity index (χ3n) is 6.07. The Morgan fingerprint density at radius 2 is 1.71 bits per heavy atom. The van der Waals surface area contributed by atoms with Crippen LogP contribution in [-0.4, -0.2) is 47.8 Å². The van der Waals surface area contributed by atoms with E-state index in [1.165, 1.54) is 4.90 Å². The van der Waals surface area contributed by atoms with Gasteiger partial charge in [0, 0.05) is 16.1 Å². The number of ether oxygens (including phenoxy) is 1. The number of amides is 2. The van der Waals surface area contributed by atoms with Gasteiger partial charge in [0.25, 0.3) is 5.91 Å². The summed E-state index contributed by atoms with van der Waals surface area (Å²) in [7, 11) is -3.58. The minimum absolute atomic E-state index is 0.266. The number of carbonyl (C=O) groups is 2. The molecule has 0 spiro atoms. The molecular weight excluding hydrogens is 511 g/mol. The van der Waals surface area contributed by atoms with Gasteiger partial charge in [0.15, 0.2) is 9.84 Å². The van der Waals surface area contributed by atoms with Crippen molar-refractivity contribution in [3.8, 4) is 0 Å². The minimum atomic E-state index is -3.58. The highest BCUT2D eigenvalue weighted by Gasteiger charge is 2.47. The highest BCUT2D eigenvalue weighted by atomic mass is 35.5. The molecular formula is C25H30Cl2N2O5S. The van der Waals surface area contributed by atoms with Gasteiger partial charge in [0.2, 0.25) is 5.91 Å². The molecule has 2 N–H and O–H groups in total. The minimum Gasteiger partial charge on any atom is -0.370 e. The summed E-state index contributed by atoms with van der Waals surface area (Å²) in [5.41, 5.74) is 6.79. The summed E-state index contributed by atoms with van der Waals surface area (Å²) in [6.07, 6.45) is -2.24. The van der Waals surface area contributed by atoms with E-state index in [1.54, 1.807) is 70.2 Å². The highest BCUT2D eigenvalue weighted by molar-refractivity contribution is 7.92. The maximum atomic E-state index is 13.7. The second kappa shape index (κ2) is 10.5. The summed E-state index contributed by atoms with van der Waals surface area (Å²) in [5.74, 6) is -1.47. The second-order valence-electron chi connectivity index (χ2n) is 9.76. The molecule has 35 heavy (non-hydrogen) atoms. The number of nitrogens with two attached hydrogens (primary N) is 1. The molecule has 1 unspecified atom stereocenters. The van der Waals surface area contributed by atoms with Crippen LogP contribution in [0.1, 0.15) is 57.4 Å². The van der Waals surface area contributed by atoms with Crippen LogP contribution >= 0.6 is 23.2 Å². The summed E-state index contributed by atoms with van der Waals surface area (Å²) in [6.45, 7) is 6.55. The molecule has 1 saturated heterocycles. The monoisotopic (exact) mass is 540 g/mol. The Hall–Kier alpha value is -2.13. The Kier molecular flexibility index (Phi) is 8.21. The molecule has 2 amide bonds. The van der Waals surface area contributed by atoms with E-state index in [0.717, 1.165) is 0 Å². The Labute approximate surface area is 216 Å². The van der Waals surface area contributed by atoms with Crippen LogP contribution in [0.4, 0.5) is 0 Å². The summed E-state index contributed by atoms with van der Waals surface area (Å²) in [4.78, 5) is 27.0. The predicted molar refractivity (Wildman–Crippen MR) is 137 cm³/mol. The van der Waals surface area contributed by atoms with Crippen LogP contribution in [0.2, 0.25) is 10.0 Å². The molecule has 0 radical (unpaired) electrons. The smallest absolute Gasteiger partial charge is 0.253 e. The number of halogens is 2. The standard InChI is InChI=1S/C25H30Cl2N2O5S/c1-15(14-35(32,33)25(2,3)4)29-22(16-8-10-18(26)11-9-16)23(17-6-5-7-19(27)12-17)34-20(24(29)31)13-21(28)30/h5-12,15,20,22-23H,13-14H2,1-4H3,(H2,28,30)/t15?,20-,22-,23-/m1/s1. The lowest BCUT2D eigenvalue weighted by Crippen LogP contribution is -2.56. The number of morpholine rings is 1. The molecule has 1 heterocycles. The van der Waals surface area contributed by atoms with Crippen LogP contribution in [0.25, 0.3) is 0 Å². The summed E-state index contributed by atoms with van der Waals surface area (Å²) < 4.78 is 31.3. The molecule has 7 nitrogen and oxygen atoms in total. The maximum Gasteiger partial charge on any atom is 0.253 e. The number of hydrogen-bond donors (Lipinski definition) is 1. The number of benzene rings is 2. The van der Waals surface area contributed by atoms with Crippen molar-refractivity contribution in [1.82, 2.24) is 4.90 Å². The first kappa shape index (κ1) is 27.5. The zero-order chi connectivity index (χ0) is 26.1. The van der Waals surface area contributed by atoms with Gasteiger partial charge in [0.1, 0.15) is 12.2 Å². The molecule has 10 heteroatoms. The van der Waals surface area contributed by atoms with Crippen molar-refractivity contribution in [2.24, 2.45) is 5.73 Å². The molecule has 3 rings (SSSR count). The number of carbonyl (C=O) groups excluding carboxylic acids is 2. The van der Waals surface area contributed by atoms with E-state index in [0.29, 0.717) is 21.2 Å². The molecule has 1 aliphatic heterocycles. The SMILES string of the molecule is CC(CS(=O)(=O)C(C)(C)C)N1C(=O)[C@@H](CC(N)=O)O[C@H](c2cccc(Cl)c2)[C@H]1c1ccc(Cl)cc1. The van der Waals surface area contributed by atoms with Crippen molar-refractivity contribution in [1.29, 1.82) is 0 Å². The van der Waals surface area contributed by atoms with Gasteiger partial charge in [-0.15, -0.1) is 0 Å². The van der Waals surface area contributed by atoms with Gasteiger partial charge >= 0.3 is 0 Å². The number of rotatable bonds is 7. The number of nitrogens with zero attached hydrogens (tertiary/aromatic N) is 1. The largest absolute Gasteiger partial charge is 0.370 e. The lowest BCUT2D eigenvalue weighted by molar-refractivity contribution is -0.179. The average molecular weight is 541 g/mol. The Morgan fingerprint density at radius 3 is 2.26 bits per heavy atom. The maximum absolute atomic E-state index is 13.7. The van der Waals surface area contributed by atoms with Gasteiger partial charge in [-0.3, -0.25) is 9.59 Å². The first-order valence-corrected chi connectivity index (χ1v) is 13.6. The van der Waals surface area contributed by atoms with E-state index in [9.17, 15) is 18.0 Å². The van der Waals surface area contributed by atoms with Crippen LogP contribution in [0, 0.1) is 0 Å². The molecule has 2 aromatic carbocycles. The van der Waals surface area contributed by atoms with Crippen LogP contribution < -0.4 is 5.73 Å². The predicted octanol–water partition coefficient (Wildman–Crippen LogP) is 4.48. The third kappa shape index (κ3) is 6.17. The third-order valence-corrected chi connectivity index (χ3v) is 9.35. The summed E-state index contributed by atoms with van der Waals surface area (Å²) in [6, 6.07) is 12.5. The van der Waals surface area contributed by atoms with E-state index in [2.05, 4.69) is 0 Å². The average Bonchev–Trinajstić information content (AvgIpc) is 2.74. The van der Waals surface area contributed by atoms with Gasteiger partial charge in [-0.25, -0.2) is 8.42 Å². The zero-order valence-corrected chi connectivity index (χ0v) is 22.4. The van der Waals surface area contributed by atoms with E-state index >= 15 is 0 Å². The van der Waals surface area contributed by atoms with Gasteiger partial charge in [-0.2, -0.15) is 0 Å². The Morgan fingerprint density at radius 1 is 1.09 bits per heavy atom. The number of hydrogen-bond acceptors (Lipinski definition) is 5. The molecule has 0 saturated carbocycles. The molecule has 0 aromatic heterocycles. The first-order valence-electron chi connectivity index (χ1n) is 11.2. The molecule has 2 aromatic rings. The number of sulfone groups is 1. The van der Waals surface area contributed by atoms with Gasteiger partial charge in [0.05, 0.1) is 23.0 Å². The van der Waals surface area contributed by atoms with Gasteiger partial charge in [-0.05, 0) is 63.1 Å². The Bertz CT molecular complexity index is 1200. The quantitative estimate of drug-likeness (QED) is 0.557. The van der Waals surface area contributed by atoms with Gasteiger partial charge < -0.3 is 15.4 Å². The zero-order valence-electron chi connectivity index (χ0n) is 20.1. The Balaban J connectivity index is 2.17. The van der Waals surface area contributed by atoms with Crippen LogP contribution in [0.5, 0.6) is 0 Å². The van der Waals surface area contributed by atoms with Crippen molar-refractivity contribution in [3.05, 3.63) is 69.7 Å². The summed E-state index contributed by atoms with van der Waals surface area (Å²) in [5, 5.41) is 0.983. The fourth-order valence-corrected chi connectivity index (χ4v) is 5.78. The van der Waals surface area contributed by atoms with Crippen LogP contribution in [-0.2, 0) is 24.2 Å². The van der Waals surface area contributed by atoms with E-state index in [4.69, 9.17) is 33.7 Å². The van der Waals surface area contributed by atoms with E-state index < -0.39 is 50.7 Å².